The standard InChI is InChI=1S/C20H23N3O4.ClH/c1-11-5-6-13(18(21)24)9-15(11)23-19(25)17-12(2)8-16(27-20(17)26)14-4-3-7-22-10-14;/h5-6,8-9,14,22H,3-4,7,10H2,1-2H3,(H2,21,24)(H,23,25);1H. The Hall–Kier alpha value is -2.64. The first-order valence-corrected chi connectivity index (χ1v) is 8.94. The second-order valence-electron chi connectivity index (χ2n) is 6.89. The summed E-state index contributed by atoms with van der Waals surface area (Å²) in [5.41, 5.74) is 6.61. The Morgan fingerprint density at radius 2 is 1.96 bits per heavy atom. The highest BCUT2D eigenvalue weighted by molar-refractivity contribution is 6.06. The zero-order chi connectivity index (χ0) is 19.6. The van der Waals surface area contributed by atoms with Gasteiger partial charge in [0.1, 0.15) is 11.3 Å². The molecule has 0 bridgehead atoms. The molecule has 0 radical (unpaired) electrons. The van der Waals surface area contributed by atoms with Gasteiger partial charge < -0.3 is 20.8 Å². The average molecular weight is 406 g/mol. The van der Waals surface area contributed by atoms with Gasteiger partial charge in [0, 0.05) is 23.7 Å². The molecule has 8 heteroatoms. The second-order valence-corrected chi connectivity index (χ2v) is 6.89. The van der Waals surface area contributed by atoms with Crippen molar-refractivity contribution in [2.24, 2.45) is 5.73 Å². The molecule has 1 aromatic heterocycles. The molecule has 1 aliphatic rings. The fourth-order valence-corrected chi connectivity index (χ4v) is 3.30. The lowest BCUT2D eigenvalue weighted by atomic mass is 9.95. The highest BCUT2D eigenvalue weighted by Gasteiger charge is 2.23. The van der Waals surface area contributed by atoms with E-state index >= 15 is 0 Å². The van der Waals surface area contributed by atoms with Crippen LogP contribution in [0.15, 0.2) is 33.5 Å². The number of primary amides is 1. The molecule has 3 rings (SSSR count). The molecule has 0 aliphatic carbocycles. The fraction of sp³-hybridized carbons (Fsp3) is 0.350. The molecule has 2 amide bonds. The van der Waals surface area contributed by atoms with E-state index in [2.05, 4.69) is 10.6 Å². The van der Waals surface area contributed by atoms with Crippen LogP contribution in [-0.2, 0) is 0 Å². The molecule has 7 nitrogen and oxygen atoms in total. The lowest BCUT2D eigenvalue weighted by Crippen LogP contribution is -2.30. The van der Waals surface area contributed by atoms with Crippen LogP contribution < -0.4 is 22.0 Å². The number of rotatable bonds is 4. The first-order valence-electron chi connectivity index (χ1n) is 8.94. The lowest BCUT2D eigenvalue weighted by Gasteiger charge is -2.22. The van der Waals surface area contributed by atoms with Gasteiger partial charge in [-0.05, 0) is 62.6 Å². The van der Waals surface area contributed by atoms with Crippen LogP contribution in [-0.4, -0.2) is 24.9 Å². The van der Waals surface area contributed by atoms with Gasteiger partial charge in [0.2, 0.25) is 5.91 Å². The molecule has 1 unspecified atom stereocenters. The zero-order valence-corrected chi connectivity index (χ0v) is 16.7. The molecule has 1 aromatic carbocycles. The fourth-order valence-electron chi connectivity index (χ4n) is 3.30. The predicted octanol–water partition coefficient (Wildman–Crippen LogP) is 2.50. The maximum absolute atomic E-state index is 12.7. The third kappa shape index (κ3) is 4.61. The highest BCUT2D eigenvalue weighted by atomic mass is 35.5. The number of hydrogen-bond acceptors (Lipinski definition) is 5. The van der Waals surface area contributed by atoms with E-state index < -0.39 is 17.4 Å². The van der Waals surface area contributed by atoms with Gasteiger partial charge >= 0.3 is 5.63 Å². The quantitative estimate of drug-likeness (QED) is 0.723. The van der Waals surface area contributed by atoms with E-state index in [9.17, 15) is 14.4 Å². The van der Waals surface area contributed by atoms with Gasteiger partial charge in [-0.1, -0.05) is 6.07 Å². The maximum Gasteiger partial charge on any atom is 0.349 e. The van der Waals surface area contributed by atoms with Crippen LogP contribution in [0.3, 0.4) is 0 Å². The number of piperidine rings is 1. The number of anilines is 1. The summed E-state index contributed by atoms with van der Waals surface area (Å²) < 4.78 is 5.45. The average Bonchev–Trinajstić information content (AvgIpc) is 2.63. The Balaban J connectivity index is 0.00000280. The summed E-state index contributed by atoms with van der Waals surface area (Å²) >= 11 is 0. The topological polar surface area (TPSA) is 114 Å². The zero-order valence-electron chi connectivity index (χ0n) is 15.8. The molecule has 2 heterocycles. The van der Waals surface area contributed by atoms with Crippen molar-refractivity contribution < 1.29 is 14.0 Å². The molecule has 1 fully saturated rings. The van der Waals surface area contributed by atoms with Crippen LogP contribution in [0.1, 0.15) is 56.4 Å². The molecular weight excluding hydrogens is 382 g/mol. The number of hydrogen-bond donors (Lipinski definition) is 3. The molecule has 1 saturated heterocycles. The van der Waals surface area contributed by atoms with Crippen LogP contribution in [0.2, 0.25) is 0 Å². The van der Waals surface area contributed by atoms with Crippen LogP contribution in [0, 0.1) is 13.8 Å². The lowest BCUT2D eigenvalue weighted by molar-refractivity contribution is 0.0995. The summed E-state index contributed by atoms with van der Waals surface area (Å²) in [6.45, 7) is 5.23. The smallest absolute Gasteiger partial charge is 0.349 e. The minimum absolute atomic E-state index is 0. The minimum Gasteiger partial charge on any atom is -0.427 e. The first-order chi connectivity index (χ1) is 12.9. The van der Waals surface area contributed by atoms with E-state index in [1.54, 1.807) is 32.0 Å². The van der Waals surface area contributed by atoms with Gasteiger partial charge in [0.15, 0.2) is 0 Å². The molecule has 0 spiro atoms. The third-order valence-electron chi connectivity index (χ3n) is 4.86. The number of nitrogens with two attached hydrogens (primary N) is 1. The van der Waals surface area contributed by atoms with Crippen LogP contribution in [0.5, 0.6) is 0 Å². The van der Waals surface area contributed by atoms with Crippen molar-refractivity contribution in [1.29, 1.82) is 0 Å². The van der Waals surface area contributed by atoms with E-state index in [4.69, 9.17) is 10.2 Å². The van der Waals surface area contributed by atoms with Crippen LogP contribution in [0.4, 0.5) is 5.69 Å². The van der Waals surface area contributed by atoms with Crippen molar-refractivity contribution in [3.63, 3.8) is 0 Å². The number of aryl methyl sites for hydroxylation is 2. The second kappa shape index (κ2) is 9.03. The first kappa shape index (κ1) is 21.7. The molecular formula is C20H24ClN3O4. The Labute approximate surface area is 169 Å². The third-order valence-corrected chi connectivity index (χ3v) is 4.86. The van der Waals surface area contributed by atoms with Gasteiger partial charge in [-0.3, -0.25) is 9.59 Å². The number of halogens is 1. The largest absolute Gasteiger partial charge is 0.427 e. The van der Waals surface area contributed by atoms with Crippen molar-refractivity contribution in [2.45, 2.75) is 32.6 Å². The van der Waals surface area contributed by atoms with Gasteiger partial charge in [-0.15, -0.1) is 12.4 Å². The van der Waals surface area contributed by atoms with Crippen molar-refractivity contribution >= 4 is 29.9 Å². The monoisotopic (exact) mass is 405 g/mol. The molecule has 2 aromatic rings. The maximum atomic E-state index is 12.7. The van der Waals surface area contributed by atoms with Gasteiger partial charge in [-0.25, -0.2) is 4.79 Å². The van der Waals surface area contributed by atoms with E-state index in [0.29, 0.717) is 17.0 Å². The van der Waals surface area contributed by atoms with Crippen molar-refractivity contribution in [3.8, 4) is 0 Å². The number of carbonyl (C=O) groups excluding carboxylic acids is 2. The molecule has 150 valence electrons. The van der Waals surface area contributed by atoms with E-state index in [-0.39, 0.29) is 29.5 Å². The Bertz CT molecular complexity index is 949. The van der Waals surface area contributed by atoms with Crippen molar-refractivity contribution in [1.82, 2.24) is 5.32 Å². The van der Waals surface area contributed by atoms with Gasteiger partial charge in [0.05, 0.1) is 0 Å². The molecule has 1 atom stereocenters. The number of amides is 2. The highest BCUT2D eigenvalue weighted by Crippen LogP contribution is 2.24. The Morgan fingerprint density at radius 3 is 2.57 bits per heavy atom. The van der Waals surface area contributed by atoms with Crippen LogP contribution in [0.25, 0.3) is 0 Å². The van der Waals surface area contributed by atoms with E-state index in [0.717, 1.165) is 31.5 Å². The van der Waals surface area contributed by atoms with Crippen molar-refractivity contribution in [2.75, 3.05) is 18.4 Å². The summed E-state index contributed by atoms with van der Waals surface area (Å²) in [4.78, 5) is 36.5. The minimum atomic E-state index is -0.656. The molecule has 28 heavy (non-hydrogen) atoms. The van der Waals surface area contributed by atoms with E-state index in [1.807, 2.05) is 0 Å². The SMILES string of the molecule is Cc1ccc(C(N)=O)cc1NC(=O)c1c(C)cc(C2CCCNC2)oc1=O.Cl. The van der Waals surface area contributed by atoms with Gasteiger partial charge in [0.25, 0.3) is 5.91 Å². The molecule has 0 saturated carbocycles. The Kier molecular flexibility index (Phi) is 6.99. The summed E-state index contributed by atoms with van der Waals surface area (Å²) in [6.07, 6.45) is 1.96. The van der Waals surface area contributed by atoms with E-state index in [1.165, 1.54) is 6.07 Å². The summed E-state index contributed by atoms with van der Waals surface area (Å²) in [6, 6.07) is 6.53. The van der Waals surface area contributed by atoms with Gasteiger partial charge in [-0.2, -0.15) is 0 Å². The van der Waals surface area contributed by atoms with Crippen LogP contribution >= 0.6 is 12.4 Å². The molecule has 1 aliphatic heterocycles. The predicted molar refractivity (Wildman–Crippen MR) is 109 cm³/mol. The summed E-state index contributed by atoms with van der Waals surface area (Å²) in [5, 5.41) is 5.97. The number of benzene rings is 1. The Morgan fingerprint density at radius 1 is 1.21 bits per heavy atom. The van der Waals surface area contributed by atoms with Crippen molar-refractivity contribution in [3.05, 3.63) is 62.7 Å². The number of nitrogens with one attached hydrogen (secondary N) is 2. The summed E-state index contributed by atoms with van der Waals surface area (Å²) in [5.74, 6) is -0.421. The molecule has 4 N–H and O–H groups in total. The number of carbonyl (C=O) groups is 2. The summed E-state index contributed by atoms with van der Waals surface area (Å²) in [7, 11) is 0. The normalized spacial score (nSPS) is 16.1.